The van der Waals surface area contributed by atoms with Crippen molar-refractivity contribution in [2.24, 2.45) is 0 Å². The van der Waals surface area contributed by atoms with E-state index in [2.05, 4.69) is 6.92 Å². The van der Waals surface area contributed by atoms with E-state index in [1.807, 2.05) is 0 Å². The van der Waals surface area contributed by atoms with Crippen molar-refractivity contribution in [3.63, 3.8) is 0 Å². The Balaban J connectivity index is 0. The standard InChI is InChI=1S/C5H11O.W/c1-2-3-4-5-6;/h5-6H,2-4H2,1H3;/q-1;+2. The average Bonchev–Trinajstić information content (AvgIpc) is 1.61. The zero-order valence-corrected chi connectivity index (χ0v) is 7.49. The van der Waals surface area contributed by atoms with Crippen molar-refractivity contribution in [2.45, 2.75) is 26.2 Å². The minimum Gasteiger partial charge on any atom is -0.566 e. The van der Waals surface area contributed by atoms with E-state index in [1.54, 1.807) is 0 Å². The molecule has 0 saturated carbocycles. The van der Waals surface area contributed by atoms with Crippen molar-refractivity contribution in [1.82, 2.24) is 0 Å². The minimum absolute atomic E-state index is 0. The van der Waals surface area contributed by atoms with Gasteiger partial charge in [0.25, 0.3) is 0 Å². The molecule has 0 rings (SSSR count). The van der Waals surface area contributed by atoms with Crippen LogP contribution in [0.15, 0.2) is 0 Å². The third-order valence-corrected chi connectivity index (χ3v) is 0.687. The third kappa shape index (κ3) is 10.8. The molecule has 0 aromatic carbocycles. The van der Waals surface area contributed by atoms with Gasteiger partial charge in [0, 0.05) is 0 Å². The predicted molar refractivity (Wildman–Crippen MR) is 25.8 cm³/mol. The topological polar surface area (TPSA) is 20.2 Å². The van der Waals surface area contributed by atoms with Crippen LogP contribution in [0.5, 0.6) is 0 Å². The van der Waals surface area contributed by atoms with E-state index in [9.17, 15) is 0 Å². The first-order chi connectivity index (χ1) is 2.91. The first-order valence-electron chi connectivity index (χ1n) is 2.37. The molecule has 0 aliphatic carbocycles. The van der Waals surface area contributed by atoms with Crippen molar-refractivity contribution < 1.29 is 26.2 Å². The molecule has 2 heteroatoms. The van der Waals surface area contributed by atoms with Gasteiger partial charge < -0.3 is 5.11 Å². The van der Waals surface area contributed by atoms with Crippen LogP contribution in [0.1, 0.15) is 26.2 Å². The molecule has 1 nitrogen and oxygen atoms in total. The smallest absolute Gasteiger partial charge is 0.566 e. The molecule has 42 valence electrons. The number of aliphatic hydroxyl groups excluding tert-OH is 1. The van der Waals surface area contributed by atoms with Gasteiger partial charge >= 0.3 is 21.1 Å². The Labute approximate surface area is 59.4 Å². The molecular formula is C5H11OW+. The number of aliphatic hydroxyl groups is 1. The summed E-state index contributed by atoms with van der Waals surface area (Å²) in [6, 6.07) is 0. The Morgan fingerprint density at radius 3 is 2.29 bits per heavy atom. The van der Waals surface area contributed by atoms with Crippen LogP contribution in [0.2, 0.25) is 0 Å². The Morgan fingerprint density at radius 2 is 2.14 bits per heavy atom. The van der Waals surface area contributed by atoms with Gasteiger partial charge in [-0.3, -0.25) is 0 Å². The Morgan fingerprint density at radius 1 is 1.57 bits per heavy atom. The molecule has 0 atom stereocenters. The van der Waals surface area contributed by atoms with Crippen LogP contribution in [0.3, 0.4) is 0 Å². The summed E-state index contributed by atoms with van der Waals surface area (Å²) >= 11 is 0. The van der Waals surface area contributed by atoms with E-state index in [1.165, 1.54) is 6.61 Å². The SMILES string of the molecule is CCCC[CH-]O.[W+2]. The number of rotatable bonds is 3. The minimum atomic E-state index is 0. The molecule has 0 bridgehead atoms. The van der Waals surface area contributed by atoms with Crippen molar-refractivity contribution in [2.75, 3.05) is 0 Å². The van der Waals surface area contributed by atoms with Gasteiger partial charge in [0.05, 0.1) is 0 Å². The van der Waals surface area contributed by atoms with Crippen LogP contribution in [-0.4, -0.2) is 5.11 Å². The number of hydrogen-bond donors (Lipinski definition) is 1. The summed E-state index contributed by atoms with van der Waals surface area (Å²) in [6.07, 6.45) is 3.12. The molecule has 0 aliphatic heterocycles. The molecule has 0 amide bonds. The summed E-state index contributed by atoms with van der Waals surface area (Å²) in [5.74, 6) is 0. The molecule has 0 unspecified atom stereocenters. The summed E-state index contributed by atoms with van der Waals surface area (Å²) in [5, 5.41) is 8.07. The molecule has 0 heterocycles. The van der Waals surface area contributed by atoms with Gasteiger partial charge in [-0.1, -0.05) is 19.8 Å². The second-order valence-corrected chi connectivity index (χ2v) is 1.32. The Hall–Kier alpha value is 0.648. The maximum Gasteiger partial charge on any atom is 2.00 e. The van der Waals surface area contributed by atoms with E-state index < -0.39 is 0 Å². The van der Waals surface area contributed by atoms with Crippen molar-refractivity contribution in [1.29, 1.82) is 0 Å². The zero-order valence-electron chi connectivity index (χ0n) is 4.55. The molecule has 0 saturated heterocycles. The maximum absolute atomic E-state index is 8.07. The second kappa shape index (κ2) is 9.82. The van der Waals surface area contributed by atoms with Gasteiger partial charge in [-0.25, -0.2) is 6.61 Å². The number of unbranched alkanes of at least 4 members (excludes halogenated alkanes) is 2. The summed E-state index contributed by atoms with van der Waals surface area (Å²) in [6.45, 7) is 3.31. The van der Waals surface area contributed by atoms with Gasteiger partial charge in [-0.15, -0.1) is 0 Å². The fourth-order valence-electron chi connectivity index (χ4n) is 0.295. The van der Waals surface area contributed by atoms with Crippen LogP contribution < -0.4 is 0 Å². The monoisotopic (exact) mass is 271 g/mol. The van der Waals surface area contributed by atoms with E-state index in [0.29, 0.717) is 0 Å². The number of hydrogen-bond acceptors (Lipinski definition) is 1. The summed E-state index contributed by atoms with van der Waals surface area (Å²) in [7, 11) is 0. The van der Waals surface area contributed by atoms with Crippen molar-refractivity contribution >= 4 is 0 Å². The summed E-state index contributed by atoms with van der Waals surface area (Å²) in [5.41, 5.74) is 0. The van der Waals surface area contributed by atoms with Crippen molar-refractivity contribution in [3.05, 3.63) is 6.61 Å². The molecule has 0 aromatic rings. The van der Waals surface area contributed by atoms with Gasteiger partial charge in [0.1, 0.15) is 0 Å². The summed E-state index contributed by atoms with van der Waals surface area (Å²) < 4.78 is 0. The fourth-order valence-corrected chi connectivity index (χ4v) is 0.295. The van der Waals surface area contributed by atoms with E-state index >= 15 is 0 Å². The molecule has 0 aromatic heterocycles. The fraction of sp³-hybridized carbons (Fsp3) is 0.800. The quantitative estimate of drug-likeness (QED) is 0.612. The largest absolute Gasteiger partial charge is 2.00 e. The Bertz CT molecular complexity index is 20.0. The molecule has 0 aliphatic rings. The van der Waals surface area contributed by atoms with Crippen LogP contribution >= 0.6 is 0 Å². The van der Waals surface area contributed by atoms with E-state index in [-0.39, 0.29) is 21.1 Å². The van der Waals surface area contributed by atoms with Crippen LogP contribution in [0, 0.1) is 6.61 Å². The van der Waals surface area contributed by atoms with Gasteiger partial charge in [-0.05, 0) is 0 Å². The predicted octanol–water partition coefficient (Wildman–Crippen LogP) is 1.71. The molecule has 0 fully saturated rings. The normalized spacial score (nSPS) is 7.71. The van der Waals surface area contributed by atoms with E-state index in [0.717, 1.165) is 19.3 Å². The average molecular weight is 271 g/mol. The van der Waals surface area contributed by atoms with Crippen LogP contribution in [0.4, 0.5) is 0 Å². The molecule has 0 spiro atoms. The Kier molecular flexibility index (Phi) is 14.9. The molecular weight excluding hydrogens is 260 g/mol. The molecule has 1 N–H and O–H groups in total. The third-order valence-electron chi connectivity index (χ3n) is 0.687. The van der Waals surface area contributed by atoms with Crippen LogP contribution in [0.25, 0.3) is 0 Å². The van der Waals surface area contributed by atoms with E-state index in [4.69, 9.17) is 5.11 Å². The first kappa shape index (κ1) is 10.6. The summed E-state index contributed by atoms with van der Waals surface area (Å²) in [4.78, 5) is 0. The second-order valence-electron chi connectivity index (χ2n) is 1.32. The molecule has 0 radical (unpaired) electrons. The maximum atomic E-state index is 8.07. The van der Waals surface area contributed by atoms with Gasteiger partial charge in [0.2, 0.25) is 0 Å². The van der Waals surface area contributed by atoms with Gasteiger partial charge in [-0.2, -0.15) is 6.42 Å². The van der Waals surface area contributed by atoms with Gasteiger partial charge in [0.15, 0.2) is 0 Å². The van der Waals surface area contributed by atoms with Crippen LogP contribution in [-0.2, 0) is 21.1 Å². The zero-order chi connectivity index (χ0) is 4.83. The first-order valence-corrected chi connectivity index (χ1v) is 2.37. The van der Waals surface area contributed by atoms with Crippen molar-refractivity contribution in [3.8, 4) is 0 Å². The molecule has 7 heavy (non-hydrogen) atoms.